The van der Waals surface area contributed by atoms with Crippen LogP contribution in [0.5, 0.6) is 0 Å². The Balaban J connectivity index is 2.36. The molecule has 2 unspecified atom stereocenters. The number of carbonyl (C=O) groups excluding carboxylic acids is 1. The summed E-state index contributed by atoms with van der Waals surface area (Å²) in [6.07, 6.45) is 5.14. The van der Waals surface area contributed by atoms with Gasteiger partial charge in [0.2, 0.25) is 5.91 Å². The van der Waals surface area contributed by atoms with E-state index in [1.54, 1.807) is 0 Å². The third-order valence-corrected chi connectivity index (χ3v) is 3.69. The van der Waals surface area contributed by atoms with Gasteiger partial charge >= 0.3 is 0 Å². The Hall–Kier alpha value is -1.12. The molecule has 0 aromatic heterocycles. The van der Waals surface area contributed by atoms with Crippen molar-refractivity contribution in [3.05, 3.63) is 0 Å². The molecule has 5 heteroatoms. The van der Waals surface area contributed by atoms with E-state index in [2.05, 4.69) is 10.2 Å². The van der Waals surface area contributed by atoms with Gasteiger partial charge < -0.3 is 11.1 Å². The van der Waals surface area contributed by atoms with E-state index in [-0.39, 0.29) is 5.91 Å². The summed E-state index contributed by atoms with van der Waals surface area (Å²) in [5, 5.41) is 11.2. The van der Waals surface area contributed by atoms with E-state index in [0.29, 0.717) is 38.0 Å². The lowest BCUT2D eigenvalue weighted by Gasteiger charge is -2.37. The van der Waals surface area contributed by atoms with Crippen LogP contribution in [-0.4, -0.2) is 43.5 Å². The number of amides is 1. The Morgan fingerprint density at radius 3 is 2.89 bits per heavy atom. The number of hydrogen-bond donors (Lipinski definition) is 2. The fourth-order valence-electron chi connectivity index (χ4n) is 2.70. The van der Waals surface area contributed by atoms with Gasteiger partial charge in [0.05, 0.1) is 19.0 Å². The van der Waals surface area contributed by atoms with Gasteiger partial charge in [-0.1, -0.05) is 12.8 Å². The van der Waals surface area contributed by atoms with Crippen LogP contribution in [0.3, 0.4) is 0 Å². The monoisotopic (exact) mass is 252 g/mol. The number of nitrogens with one attached hydrogen (secondary N) is 1. The van der Waals surface area contributed by atoms with E-state index in [1.165, 1.54) is 19.3 Å². The first kappa shape index (κ1) is 14.9. The van der Waals surface area contributed by atoms with Crippen molar-refractivity contribution in [3.63, 3.8) is 0 Å². The fraction of sp³-hybridized carbons (Fsp3) is 0.846. The second-order valence-electron chi connectivity index (χ2n) is 5.02. The summed E-state index contributed by atoms with van der Waals surface area (Å²) in [4.78, 5) is 13.8. The van der Waals surface area contributed by atoms with E-state index in [4.69, 9.17) is 11.0 Å². The molecule has 0 heterocycles. The molecule has 102 valence electrons. The smallest absolute Gasteiger partial charge is 0.234 e. The molecule has 0 spiro atoms. The molecule has 1 fully saturated rings. The number of carbonyl (C=O) groups is 1. The lowest BCUT2D eigenvalue weighted by molar-refractivity contribution is -0.122. The normalized spacial score (nSPS) is 23.7. The molecule has 0 aromatic rings. The Labute approximate surface area is 109 Å². The van der Waals surface area contributed by atoms with E-state index in [9.17, 15) is 4.79 Å². The Morgan fingerprint density at radius 2 is 2.22 bits per heavy atom. The highest BCUT2D eigenvalue weighted by Crippen LogP contribution is 2.26. The zero-order valence-electron chi connectivity index (χ0n) is 11.2. The van der Waals surface area contributed by atoms with Crippen LogP contribution in [0.2, 0.25) is 0 Å². The van der Waals surface area contributed by atoms with Gasteiger partial charge in [-0.05, 0) is 32.4 Å². The van der Waals surface area contributed by atoms with Crippen LogP contribution in [0.15, 0.2) is 0 Å². The highest BCUT2D eigenvalue weighted by atomic mass is 16.2. The topological polar surface area (TPSA) is 82.2 Å². The van der Waals surface area contributed by atoms with Gasteiger partial charge in [0.1, 0.15) is 0 Å². The largest absolute Gasteiger partial charge is 0.354 e. The van der Waals surface area contributed by atoms with Gasteiger partial charge in [-0.25, -0.2) is 0 Å². The van der Waals surface area contributed by atoms with Crippen LogP contribution in [-0.2, 0) is 4.79 Å². The number of nitrogens with zero attached hydrogens (tertiary/aromatic N) is 2. The first-order valence-corrected chi connectivity index (χ1v) is 6.73. The fourth-order valence-corrected chi connectivity index (χ4v) is 2.70. The van der Waals surface area contributed by atoms with Gasteiger partial charge in [0.15, 0.2) is 0 Å². The molecule has 18 heavy (non-hydrogen) atoms. The molecular weight excluding hydrogens is 228 g/mol. The zero-order chi connectivity index (χ0) is 13.4. The molecule has 1 amide bonds. The Kier molecular flexibility index (Phi) is 6.69. The third kappa shape index (κ3) is 4.63. The molecule has 0 saturated heterocycles. The van der Waals surface area contributed by atoms with Crippen molar-refractivity contribution in [2.24, 2.45) is 11.7 Å². The Morgan fingerprint density at radius 1 is 1.50 bits per heavy atom. The molecule has 1 rings (SSSR count). The maximum Gasteiger partial charge on any atom is 0.234 e. The summed E-state index contributed by atoms with van der Waals surface area (Å²) in [7, 11) is 1.99. The number of rotatable bonds is 6. The number of hydrogen-bond acceptors (Lipinski definition) is 4. The van der Waals surface area contributed by atoms with Gasteiger partial charge in [0, 0.05) is 12.6 Å². The second kappa shape index (κ2) is 8.06. The van der Waals surface area contributed by atoms with Gasteiger partial charge in [0.25, 0.3) is 0 Å². The van der Waals surface area contributed by atoms with Crippen LogP contribution in [0.1, 0.15) is 32.1 Å². The average molecular weight is 252 g/mol. The van der Waals surface area contributed by atoms with Crippen LogP contribution in [0.25, 0.3) is 0 Å². The van der Waals surface area contributed by atoms with Crippen molar-refractivity contribution in [2.75, 3.05) is 26.7 Å². The highest BCUT2D eigenvalue weighted by molar-refractivity contribution is 5.78. The predicted octanol–water partition coefficient (Wildman–Crippen LogP) is 0.466. The first-order valence-electron chi connectivity index (χ1n) is 6.73. The van der Waals surface area contributed by atoms with Crippen LogP contribution in [0, 0.1) is 17.2 Å². The van der Waals surface area contributed by atoms with E-state index in [1.807, 2.05) is 13.1 Å². The molecule has 2 atom stereocenters. The van der Waals surface area contributed by atoms with Crippen molar-refractivity contribution in [1.82, 2.24) is 10.2 Å². The zero-order valence-corrected chi connectivity index (χ0v) is 11.2. The molecule has 0 radical (unpaired) electrons. The molecule has 0 aliphatic heterocycles. The SMILES string of the molecule is CN(CC(=O)NCCC#N)C1CCCCC1CN. The van der Waals surface area contributed by atoms with Crippen molar-refractivity contribution in [2.45, 2.75) is 38.1 Å². The van der Waals surface area contributed by atoms with Crippen LogP contribution < -0.4 is 11.1 Å². The van der Waals surface area contributed by atoms with Crippen molar-refractivity contribution in [1.29, 1.82) is 5.26 Å². The molecule has 0 aromatic carbocycles. The summed E-state index contributed by atoms with van der Waals surface area (Å²) in [5.41, 5.74) is 5.80. The maximum atomic E-state index is 11.7. The van der Waals surface area contributed by atoms with Crippen molar-refractivity contribution in [3.8, 4) is 6.07 Å². The van der Waals surface area contributed by atoms with E-state index < -0.39 is 0 Å². The molecular formula is C13H24N4O. The lowest BCUT2D eigenvalue weighted by atomic mass is 9.84. The summed E-state index contributed by atoms with van der Waals surface area (Å²) in [5.74, 6) is 0.504. The summed E-state index contributed by atoms with van der Waals surface area (Å²) in [6, 6.07) is 2.43. The Bertz CT molecular complexity index is 300. The summed E-state index contributed by atoms with van der Waals surface area (Å²) < 4.78 is 0. The molecule has 3 N–H and O–H groups in total. The molecule has 1 aliphatic carbocycles. The summed E-state index contributed by atoms with van der Waals surface area (Å²) >= 11 is 0. The van der Waals surface area contributed by atoms with Gasteiger partial charge in [-0.3, -0.25) is 9.69 Å². The van der Waals surface area contributed by atoms with Crippen LogP contribution in [0.4, 0.5) is 0 Å². The minimum absolute atomic E-state index is 0.00547. The molecule has 5 nitrogen and oxygen atoms in total. The molecule has 1 saturated carbocycles. The number of likely N-dealkylation sites (N-methyl/N-ethyl adjacent to an activating group) is 1. The van der Waals surface area contributed by atoms with Crippen molar-refractivity contribution < 1.29 is 4.79 Å². The summed E-state index contributed by atoms with van der Waals surface area (Å²) in [6.45, 7) is 1.53. The lowest BCUT2D eigenvalue weighted by Crippen LogP contribution is -2.47. The molecule has 1 aliphatic rings. The minimum Gasteiger partial charge on any atom is -0.354 e. The maximum absolute atomic E-state index is 11.7. The second-order valence-corrected chi connectivity index (χ2v) is 5.02. The standard InChI is InChI=1S/C13H24N4O/c1-17(10-13(18)16-8-4-7-14)12-6-3-2-5-11(12)9-15/h11-12H,2-6,8-10,15H2,1H3,(H,16,18). The van der Waals surface area contributed by atoms with Gasteiger partial charge in [-0.15, -0.1) is 0 Å². The van der Waals surface area contributed by atoms with Crippen molar-refractivity contribution >= 4 is 5.91 Å². The van der Waals surface area contributed by atoms with Gasteiger partial charge in [-0.2, -0.15) is 5.26 Å². The first-order chi connectivity index (χ1) is 8.69. The number of nitrogens with two attached hydrogens (primary N) is 1. The number of nitriles is 1. The predicted molar refractivity (Wildman–Crippen MR) is 70.7 cm³/mol. The van der Waals surface area contributed by atoms with E-state index in [0.717, 1.165) is 6.42 Å². The minimum atomic E-state index is -0.00547. The highest BCUT2D eigenvalue weighted by Gasteiger charge is 2.27. The third-order valence-electron chi connectivity index (χ3n) is 3.69. The quantitative estimate of drug-likeness (QED) is 0.673. The average Bonchev–Trinajstić information content (AvgIpc) is 2.39. The van der Waals surface area contributed by atoms with E-state index >= 15 is 0 Å². The molecule has 0 bridgehead atoms. The van der Waals surface area contributed by atoms with Crippen LogP contribution >= 0.6 is 0 Å².